The molecule has 2 amide bonds. The minimum atomic E-state index is -0.915. The number of carboxylic acid groups (broad SMARTS) is 1. The summed E-state index contributed by atoms with van der Waals surface area (Å²) in [5, 5.41) is 13.4. The zero-order valence-corrected chi connectivity index (χ0v) is 21.8. The van der Waals surface area contributed by atoms with E-state index in [2.05, 4.69) is 45.1 Å². The molecule has 1 heterocycles. The number of aryl methyl sites for hydroxylation is 1. The zero-order valence-electron chi connectivity index (χ0n) is 21.0. The minimum Gasteiger partial charge on any atom is -0.478 e. The molecule has 2 N–H and O–H groups in total. The summed E-state index contributed by atoms with van der Waals surface area (Å²) in [6.45, 7) is 10.8. The second-order valence-corrected chi connectivity index (χ2v) is 12.2. The smallest absolute Gasteiger partial charge is 0.331 e. The molecule has 2 aliphatic carbocycles. The van der Waals surface area contributed by atoms with Gasteiger partial charge in [-0.1, -0.05) is 57.8 Å². The maximum atomic E-state index is 13.4. The first kappa shape index (κ1) is 24.8. The second-order valence-electron chi connectivity index (χ2n) is 11.8. The highest BCUT2D eigenvalue weighted by Crippen LogP contribution is 2.49. The van der Waals surface area contributed by atoms with E-state index in [0.717, 1.165) is 54.7 Å². The van der Waals surface area contributed by atoms with Crippen LogP contribution in [0.1, 0.15) is 84.3 Å². The molecule has 0 radical (unpaired) electrons. The summed E-state index contributed by atoms with van der Waals surface area (Å²) in [6.07, 6.45) is 9.88. The van der Waals surface area contributed by atoms with E-state index >= 15 is 0 Å². The van der Waals surface area contributed by atoms with Crippen LogP contribution in [0.25, 0.3) is 0 Å². The maximum Gasteiger partial charge on any atom is 0.331 e. The third kappa shape index (κ3) is 4.51. The summed E-state index contributed by atoms with van der Waals surface area (Å²) in [6, 6.07) is 6.11. The van der Waals surface area contributed by atoms with E-state index < -0.39 is 17.0 Å². The number of carbonyl (C=O) groups is 2. The molecule has 4 rings (SSSR count). The number of carboxylic acids is 1. The van der Waals surface area contributed by atoms with Gasteiger partial charge in [-0.3, -0.25) is 4.90 Å². The topological polar surface area (TPSA) is 69.6 Å². The van der Waals surface area contributed by atoms with Gasteiger partial charge < -0.3 is 10.4 Å². The van der Waals surface area contributed by atoms with Crippen LogP contribution >= 0.6 is 11.6 Å². The van der Waals surface area contributed by atoms with Crippen molar-refractivity contribution in [2.24, 2.45) is 11.3 Å². The summed E-state index contributed by atoms with van der Waals surface area (Å²) in [4.78, 5) is 26.4. The Morgan fingerprint density at radius 1 is 1.32 bits per heavy atom. The average Bonchev–Trinajstić information content (AvgIpc) is 2.74. The van der Waals surface area contributed by atoms with Crippen LogP contribution in [0.4, 0.5) is 4.79 Å². The highest BCUT2D eigenvalue weighted by atomic mass is 35.5. The number of benzene rings is 1. The van der Waals surface area contributed by atoms with Crippen molar-refractivity contribution < 1.29 is 14.7 Å². The average molecular weight is 485 g/mol. The van der Waals surface area contributed by atoms with Crippen molar-refractivity contribution in [1.29, 1.82) is 0 Å². The molecular weight excluding hydrogens is 448 g/mol. The van der Waals surface area contributed by atoms with Gasteiger partial charge in [-0.15, -0.1) is 0 Å². The van der Waals surface area contributed by atoms with E-state index in [1.807, 2.05) is 19.2 Å². The van der Waals surface area contributed by atoms with Gasteiger partial charge in [0.15, 0.2) is 0 Å². The number of amides is 2. The first-order valence-corrected chi connectivity index (χ1v) is 12.8. The van der Waals surface area contributed by atoms with Gasteiger partial charge in [0.1, 0.15) is 0 Å². The monoisotopic (exact) mass is 484 g/mol. The number of rotatable bonds is 6. The largest absolute Gasteiger partial charge is 0.478 e. The highest BCUT2D eigenvalue weighted by Gasteiger charge is 2.50. The van der Waals surface area contributed by atoms with Gasteiger partial charge in [0.25, 0.3) is 0 Å². The molecule has 2 unspecified atom stereocenters. The fraction of sp³-hybridized carbons (Fsp3) is 0.571. The van der Waals surface area contributed by atoms with Gasteiger partial charge in [-0.2, -0.15) is 0 Å². The van der Waals surface area contributed by atoms with Crippen molar-refractivity contribution >= 4 is 23.6 Å². The third-order valence-electron chi connectivity index (χ3n) is 7.93. The molecule has 0 saturated heterocycles. The van der Waals surface area contributed by atoms with Gasteiger partial charge in [0.2, 0.25) is 0 Å². The summed E-state index contributed by atoms with van der Waals surface area (Å²) in [5.74, 6) is -0.348. The molecular formula is C28H37ClN2O3. The molecule has 5 nitrogen and oxygen atoms in total. The van der Waals surface area contributed by atoms with Crippen molar-refractivity contribution in [1.82, 2.24) is 10.2 Å². The number of halogens is 1. The molecule has 1 saturated carbocycles. The van der Waals surface area contributed by atoms with Crippen molar-refractivity contribution in [3.05, 3.63) is 57.8 Å². The molecule has 6 heteroatoms. The van der Waals surface area contributed by atoms with E-state index in [1.54, 1.807) is 11.0 Å². The number of carbonyl (C=O) groups excluding carboxylic acids is 1. The van der Waals surface area contributed by atoms with Gasteiger partial charge >= 0.3 is 12.0 Å². The Labute approximate surface area is 208 Å². The number of fused-ring (bicyclic) bond motifs is 1. The van der Waals surface area contributed by atoms with Gasteiger partial charge in [-0.25, -0.2) is 9.59 Å². The second kappa shape index (κ2) is 8.75. The van der Waals surface area contributed by atoms with Crippen molar-refractivity contribution in [2.75, 3.05) is 0 Å². The van der Waals surface area contributed by atoms with E-state index in [9.17, 15) is 14.7 Å². The van der Waals surface area contributed by atoms with Crippen LogP contribution < -0.4 is 5.32 Å². The van der Waals surface area contributed by atoms with Crippen LogP contribution in [0.5, 0.6) is 0 Å². The molecule has 1 aliphatic heterocycles. The Morgan fingerprint density at radius 3 is 2.62 bits per heavy atom. The number of nitrogens with zero attached hydrogens (tertiary/aromatic N) is 1. The first-order chi connectivity index (χ1) is 15.9. The van der Waals surface area contributed by atoms with Crippen LogP contribution in [0, 0.1) is 11.3 Å². The zero-order chi connectivity index (χ0) is 24.9. The molecule has 0 spiro atoms. The molecule has 34 heavy (non-hydrogen) atoms. The lowest BCUT2D eigenvalue weighted by molar-refractivity contribution is -0.133. The Hall–Kier alpha value is -2.27. The summed E-state index contributed by atoms with van der Waals surface area (Å²) >= 11 is 6.77. The van der Waals surface area contributed by atoms with Gasteiger partial charge in [-0.05, 0) is 79.2 Å². The Kier molecular flexibility index (Phi) is 6.39. The van der Waals surface area contributed by atoms with Crippen LogP contribution in [0.3, 0.4) is 0 Å². The maximum absolute atomic E-state index is 13.4. The number of nitrogens with one attached hydrogen (secondary N) is 1. The fourth-order valence-corrected chi connectivity index (χ4v) is 5.89. The predicted octanol–water partition coefficient (Wildman–Crippen LogP) is 6.81. The van der Waals surface area contributed by atoms with E-state index in [4.69, 9.17) is 11.6 Å². The molecule has 3 aliphatic rings. The van der Waals surface area contributed by atoms with Crippen molar-refractivity contribution in [3.8, 4) is 0 Å². The Balaban J connectivity index is 1.69. The lowest BCUT2D eigenvalue weighted by Crippen LogP contribution is -2.62. The van der Waals surface area contributed by atoms with Crippen LogP contribution in [-0.4, -0.2) is 27.5 Å². The Morgan fingerprint density at radius 2 is 2.03 bits per heavy atom. The van der Waals surface area contributed by atoms with Gasteiger partial charge in [0.05, 0.1) is 11.1 Å². The number of hydrogen-bond acceptors (Lipinski definition) is 2. The SMILES string of the molecule is CCC1CC[C@]2(c3ccc(CCC(C)(C)C)c(Cl)c3)NC(=O)N(C3(C)C=C(C(=O)O)C3)C=C2C1. The lowest BCUT2D eigenvalue weighted by Gasteiger charge is -2.52. The van der Waals surface area contributed by atoms with Crippen LogP contribution in [0.15, 0.2) is 41.6 Å². The molecule has 0 bridgehead atoms. The normalized spacial score (nSPS) is 28.9. The van der Waals surface area contributed by atoms with Crippen molar-refractivity contribution in [2.45, 2.75) is 90.6 Å². The predicted molar refractivity (Wildman–Crippen MR) is 136 cm³/mol. The van der Waals surface area contributed by atoms with Crippen LogP contribution in [-0.2, 0) is 16.8 Å². The molecule has 184 valence electrons. The fourth-order valence-electron chi connectivity index (χ4n) is 5.61. The third-order valence-corrected chi connectivity index (χ3v) is 8.29. The summed E-state index contributed by atoms with van der Waals surface area (Å²) in [7, 11) is 0. The number of hydrogen-bond donors (Lipinski definition) is 2. The number of aliphatic carboxylic acids is 1. The summed E-state index contributed by atoms with van der Waals surface area (Å²) in [5.41, 5.74) is 2.77. The standard InChI is InChI=1S/C28H37ClN2O3/c1-6-18-9-12-28(21-8-7-19(23(29)14-21)10-11-26(2,3)4)22(13-18)17-31(25(34)30-28)27(5)15-20(16-27)24(32)33/h7-8,14-15,17-18H,6,9-13,16H2,1-5H3,(H,30,34)(H,32,33)/t18?,27?,28-/m1/s1. The van der Waals surface area contributed by atoms with Gasteiger partial charge in [0, 0.05) is 23.2 Å². The van der Waals surface area contributed by atoms with E-state index in [0.29, 0.717) is 17.9 Å². The van der Waals surface area contributed by atoms with Crippen molar-refractivity contribution in [3.63, 3.8) is 0 Å². The van der Waals surface area contributed by atoms with Crippen LogP contribution in [0.2, 0.25) is 5.02 Å². The molecule has 0 aromatic heterocycles. The molecule has 1 aromatic carbocycles. The van der Waals surface area contributed by atoms with E-state index in [-0.39, 0.29) is 11.4 Å². The summed E-state index contributed by atoms with van der Waals surface area (Å²) < 4.78 is 0. The molecule has 1 aromatic rings. The lowest BCUT2D eigenvalue weighted by atomic mass is 9.67. The number of urea groups is 1. The quantitative estimate of drug-likeness (QED) is 0.466. The first-order valence-electron chi connectivity index (χ1n) is 12.4. The molecule has 1 fully saturated rings. The highest BCUT2D eigenvalue weighted by molar-refractivity contribution is 6.31. The Bertz CT molecular complexity index is 1070. The van der Waals surface area contributed by atoms with E-state index in [1.165, 1.54) is 5.57 Å². The minimum absolute atomic E-state index is 0.185. The molecule has 3 atom stereocenters.